The van der Waals surface area contributed by atoms with Crippen LogP contribution in [0.15, 0.2) is 59.2 Å². The predicted octanol–water partition coefficient (Wildman–Crippen LogP) is 6.02. The number of hydrogen-bond donors (Lipinski definition) is 0. The van der Waals surface area contributed by atoms with Crippen molar-refractivity contribution in [2.24, 2.45) is 5.92 Å². The standard InChI is InChI=1S/C22H22/c1-13-14(2)16(4)22(15(13)3)18-9-10-21-19(12-18)11-17-7-5-6-8-20(17)21/h5-10,12,15H,11H2,1-4H3. The number of benzene rings is 2. The van der Waals surface area contributed by atoms with E-state index >= 15 is 0 Å². The molecule has 0 nitrogen and oxygen atoms in total. The van der Waals surface area contributed by atoms with Gasteiger partial charge in [0.2, 0.25) is 0 Å². The first-order valence-corrected chi connectivity index (χ1v) is 8.18. The van der Waals surface area contributed by atoms with Crippen LogP contribution in [-0.2, 0) is 6.42 Å². The summed E-state index contributed by atoms with van der Waals surface area (Å²) in [5.41, 5.74) is 13.2. The van der Waals surface area contributed by atoms with Crippen molar-refractivity contribution in [1.29, 1.82) is 0 Å². The molecule has 22 heavy (non-hydrogen) atoms. The van der Waals surface area contributed by atoms with Crippen LogP contribution in [-0.4, -0.2) is 0 Å². The molecule has 2 aliphatic rings. The molecule has 2 aromatic carbocycles. The van der Waals surface area contributed by atoms with Gasteiger partial charge in [0, 0.05) is 5.92 Å². The van der Waals surface area contributed by atoms with E-state index in [1.807, 2.05) is 0 Å². The minimum absolute atomic E-state index is 0.543. The summed E-state index contributed by atoms with van der Waals surface area (Å²) in [6.45, 7) is 9.16. The first kappa shape index (κ1) is 13.6. The lowest BCUT2D eigenvalue weighted by molar-refractivity contribution is 0.894. The van der Waals surface area contributed by atoms with Gasteiger partial charge in [-0.1, -0.05) is 55.0 Å². The van der Waals surface area contributed by atoms with Gasteiger partial charge in [-0.15, -0.1) is 0 Å². The van der Waals surface area contributed by atoms with Crippen LogP contribution >= 0.6 is 0 Å². The third kappa shape index (κ3) is 1.76. The van der Waals surface area contributed by atoms with Gasteiger partial charge in [-0.2, -0.15) is 0 Å². The lowest BCUT2D eigenvalue weighted by atomic mass is 9.90. The van der Waals surface area contributed by atoms with E-state index in [1.165, 1.54) is 50.1 Å². The number of rotatable bonds is 1. The molecule has 0 saturated carbocycles. The highest BCUT2D eigenvalue weighted by atomic mass is 14.3. The summed E-state index contributed by atoms with van der Waals surface area (Å²) in [6.07, 6.45) is 1.07. The fraction of sp³-hybridized carbons (Fsp3) is 0.273. The van der Waals surface area contributed by atoms with Gasteiger partial charge >= 0.3 is 0 Å². The Morgan fingerprint density at radius 2 is 1.55 bits per heavy atom. The molecule has 0 fully saturated rings. The van der Waals surface area contributed by atoms with Crippen molar-refractivity contribution in [3.05, 3.63) is 75.9 Å². The van der Waals surface area contributed by atoms with Crippen molar-refractivity contribution in [3.63, 3.8) is 0 Å². The summed E-state index contributed by atoms with van der Waals surface area (Å²) in [5.74, 6) is 0.543. The van der Waals surface area contributed by atoms with E-state index in [0.29, 0.717) is 5.92 Å². The molecule has 0 spiro atoms. The molecular weight excluding hydrogens is 264 g/mol. The Bertz CT molecular complexity index is 846. The van der Waals surface area contributed by atoms with E-state index in [9.17, 15) is 0 Å². The van der Waals surface area contributed by atoms with E-state index in [4.69, 9.17) is 0 Å². The van der Waals surface area contributed by atoms with Gasteiger partial charge in [-0.25, -0.2) is 0 Å². The van der Waals surface area contributed by atoms with E-state index in [0.717, 1.165) is 6.42 Å². The minimum Gasteiger partial charge on any atom is -0.0629 e. The average Bonchev–Trinajstić information content (AvgIpc) is 2.98. The second kappa shape index (κ2) is 4.71. The Balaban J connectivity index is 1.81. The van der Waals surface area contributed by atoms with Gasteiger partial charge in [0.05, 0.1) is 0 Å². The molecule has 0 amide bonds. The first-order chi connectivity index (χ1) is 10.6. The van der Waals surface area contributed by atoms with Gasteiger partial charge in [0.25, 0.3) is 0 Å². The molecule has 0 N–H and O–H groups in total. The van der Waals surface area contributed by atoms with Crippen LogP contribution in [0.4, 0.5) is 0 Å². The summed E-state index contributed by atoms with van der Waals surface area (Å²) in [6, 6.07) is 15.9. The normalized spacial score (nSPS) is 19.7. The monoisotopic (exact) mass is 286 g/mol. The molecule has 0 heterocycles. The highest BCUT2D eigenvalue weighted by Crippen LogP contribution is 2.44. The zero-order valence-corrected chi connectivity index (χ0v) is 13.8. The van der Waals surface area contributed by atoms with Crippen molar-refractivity contribution in [3.8, 4) is 11.1 Å². The van der Waals surface area contributed by atoms with Crippen LogP contribution in [0, 0.1) is 5.92 Å². The minimum atomic E-state index is 0.543. The third-order valence-corrected chi connectivity index (χ3v) is 5.75. The second-order valence-electron chi connectivity index (χ2n) is 6.77. The van der Waals surface area contributed by atoms with Gasteiger partial charge in [0.1, 0.15) is 0 Å². The Kier molecular flexibility index (Phi) is 2.91. The molecule has 0 aromatic heterocycles. The highest BCUT2D eigenvalue weighted by molar-refractivity contribution is 5.83. The Hall–Kier alpha value is -2.08. The van der Waals surface area contributed by atoms with E-state index < -0.39 is 0 Å². The molecule has 0 radical (unpaired) electrons. The Morgan fingerprint density at radius 1 is 0.818 bits per heavy atom. The van der Waals surface area contributed by atoms with Crippen LogP contribution < -0.4 is 0 Å². The van der Waals surface area contributed by atoms with Crippen LogP contribution in [0.25, 0.3) is 16.7 Å². The van der Waals surface area contributed by atoms with Crippen LogP contribution in [0.2, 0.25) is 0 Å². The smallest absolute Gasteiger partial charge is 0.00315 e. The molecule has 2 aromatic rings. The van der Waals surface area contributed by atoms with Crippen molar-refractivity contribution >= 4 is 5.57 Å². The fourth-order valence-corrected chi connectivity index (χ4v) is 4.14. The first-order valence-electron chi connectivity index (χ1n) is 8.18. The number of allylic oxidation sites excluding steroid dienone is 4. The molecule has 0 aliphatic heterocycles. The van der Waals surface area contributed by atoms with E-state index in [1.54, 1.807) is 0 Å². The van der Waals surface area contributed by atoms with Crippen molar-refractivity contribution in [2.45, 2.75) is 34.1 Å². The SMILES string of the molecule is CC1=C(C)C(C)C(c2ccc3c(c2)Cc2ccccc2-3)=C1C. The molecule has 0 saturated heterocycles. The summed E-state index contributed by atoms with van der Waals surface area (Å²) in [7, 11) is 0. The number of hydrogen-bond acceptors (Lipinski definition) is 0. The maximum absolute atomic E-state index is 2.43. The third-order valence-electron chi connectivity index (χ3n) is 5.75. The average molecular weight is 286 g/mol. The Labute approximate surface area is 133 Å². The maximum atomic E-state index is 2.43. The zero-order valence-electron chi connectivity index (χ0n) is 13.8. The predicted molar refractivity (Wildman–Crippen MR) is 94.8 cm³/mol. The van der Waals surface area contributed by atoms with Crippen molar-refractivity contribution in [1.82, 2.24) is 0 Å². The van der Waals surface area contributed by atoms with Crippen molar-refractivity contribution in [2.75, 3.05) is 0 Å². The quantitative estimate of drug-likeness (QED) is 0.513. The largest absolute Gasteiger partial charge is 0.0629 e. The van der Waals surface area contributed by atoms with Gasteiger partial charge < -0.3 is 0 Å². The van der Waals surface area contributed by atoms with Crippen LogP contribution in [0.3, 0.4) is 0 Å². The zero-order chi connectivity index (χ0) is 15.4. The Morgan fingerprint density at radius 3 is 2.27 bits per heavy atom. The fourth-order valence-electron chi connectivity index (χ4n) is 4.14. The van der Waals surface area contributed by atoms with Gasteiger partial charge in [0.15, 0.2) is 0 Å². The number of fused-ring (bicyclic) bond motifs is 3. The van der Waals surface area contributed by atoms with Crippen LogP contribution in [0.1, 0.15) is 44.4 Å². The van der Waals surface area contributed by atoms with E-state index in [2.05, 4.69) is 70.2 Å². The summed E-state index contributed by atoms with van der Waals surface area (Å²) < 4.78 is 0. The molecule has 0 heteroatoms. The molecule has 1 atom stereocenters. The van der Waals surface area contributed by atoms with Crippen molar-refractivity contribution < 1.29 is 0 Å². The summed E-state index contributed by atoms with van der Waals surface area (Å²) >= 11 is 0. The lowest BCUT2D eigenvalue weighted by Crippen LogP contribution is -1.98. The molecule has 2 aliphatic carbocycles. The maximum Gasteiger partial charge on any atom is 0.00315 e. The van der Waals surface area contributed by atoms with Crippen LogP contribution in [0.5, 0.6) is 0 Å². The molecular formula is C22H22. The molecule has 4 rings (SSSR count). The summed E-state index contributed by atoms with van der Waals surface area (Å²) in [4.78, 5) is 0. The molecule has 110 valence electrons. The topological polar surface area (TPSA) is 0 Å². The van der Waals surface area contributed by atoms with Gasteiger partial charge in [-0.3, -0.25) is 0 Å². The summed E-state index contributed by atoms with van der Waals surface area (Å²) in [5, 5.41) is 0. The lowest BCUT2D eigenvalue weighted by Gasteiger charge is -2.14. The molecule has 0 bridgehead atoms. The highest BCUT2D eigenvalue weighted by Gasteiger charge is 2.26. The van der Waals surface area contributed by atoms with E-state index in [-0.39, 0.29) is 0 Å². The molecule has 1 unspecified atom stereocenters. The van der Waals surface area contributed by atoms with Gasteiger partial charge in [-0.05, 0) is 71.7 Å². The second-order valence-corrected chi connectivity index (χ2v) is 6.77.